The molecule has 0 aliphatic heterocycles. The molecule has 114 valence electrons. The molecule has 0 atom stereocenters. The van der Waals surface area contributed by atoms with Gasteiger partial charge in [0.25, 0.3) is 0 Å². The van der Waals surface area contributed by atoms with Crippen LogP contribution in [0, 0.1) is 6.92 Å². The van der Waals surface area contributed by atoms with E-state index in [4.69, 9.17) is 4.74 Å². The van der Waals surface area contributed by atoms with E-state index in [0.717, 1.165) is 34.5 Å². The number of benzene rings is 2. The van der Waals surface area contributed by atoms with Crippen LogP contribution in [0.1, 0.15) is 23.6 Å². The molecule has 0 bridgehead atoms. The van der Waals surface area contributed by atoms with Crippen molar-refractivity contribution in [3.05, 3.63) is 65.2 Å². The lowest BCUT2D eigenvalue weighted by Gasteiger charge is -2.08. The van der Waals surface area contributed by atoms with Crippen LogP contribution in [-0.2, 0) is 11.2 Å². The van der Waals surface area contributed by atoms with E-state index in [-0.39, 0.29) is 5.91 Å². The largest absolute Gasteiger partial charge is 0.496 e. The average molecular weight is 295 g/mol. The van der Waals surface area contributed by atoms with Gasteiger partial charge in [-0.25, -0.2) is 0 Å². The van der Waals surface area contributed by atoms with Crippen LogP contribution in [0.15, 0.2) is 48.5 Å². The molecule has 0 aliphatic rings. The zero-order valence-corrected chi connectivity index (χ0v) is 13.2. The van der Waals surface area contributed by atoms with E-state index < -0.39 is 0 Å². The van der Waals surface area contributed by atoms with Crippen molar-refractivity contribution in [1.29, 1.82) is 0 Å². The van der Waals surface area contributed by atoms with Gasteiger partial charge in [0, 0.05) is 17.3 Å². The first kappa shape index (κ1) is 15.8. The minimum absolute atomic E-state index is 0.149. The van der Waals surface area contributed by atoms with Crippen LogP contribution in [0.4, 0.5) is 5.69 Å². The Balaban J connectivity index is 2.13. The Morgan fingerprint density at radius 1 is 1.23 bits per heavy atom. The second-order valence-electron chi connectivity index (χ2n) is 5.08. The van der Waals surface area contributed by atoms with Crippen LogP contribution in [-0.4, -0.2) is 13.0 Å². The molecule has 0 aliphatic carbocycles. The second-order valence-corrected chi connectivity index (χ2v) is 5.08. The summed E-state index contributed by atoms with van der Waals surface area (Å²) in [4.78, 5) is 12.1. The van der Waals surface area contributed by atoms with Crippen LogP contribution in [0.5, 0.6) is 5.75 Å². The van der Waals surface area contributed by atoms with Gasteiger partial charge in [-0.15, -0.1) is 0 Å². The highest BCUT2D eigenvalue weighted by molar-refractivity contribution is 6.02. The van der Waals surface area contributed by atoms with Crippen molar-refractivity contribution in [1.82, 2.24) is 0 Å². The van der Waals surface area contributed by atoms with Gasteiger partial charge in [-0.05, 0) is 43.2 Å². The smallest absolute Gasteiger partial charge is 0.248 e. The first-order valence-electron chi connectivity index (χ1n) is 7.35. The van der Waals surface area contributed by atoms with E-state index >= 15 is 0 Å². The normalized spacial score (nSPS) is 10.7. The SMILES string of the molecule is CCc1ccccc1NC(=O)/C=C/c1cc(C)ccc1OC. The van der Waals surface area contributed by atoms with Gasteiger partial charge in [0.2, 0.25) is 5.91 Å². The van der Waals surface area contributed by atoms with Crippen LogP contribution in [0.2, 0.25) is 0 Å². The summed E-state index contributed by atoms with van der Waals surface area (Å²) in [6.07, 6.45) is 4.19. The Morgan fingerprint density at radius 2 is 2.00 bits per heavy atom. The minimum atomic E-state index is -0.149. The molecule has 0 aromatic heterocycles. The second kappa shape index (κ2) is 7.46. The third-order valence-electron chi connectivity index (χ3n) is 3.46. The molecular formula is C19H21NO2. The van der Waals surface area contributed by atoms with E-state index in [9.17, 15) is 4.79 Å². The Labute approximate surface area is 131 Å². The minimum Gasteiger partial charge on any atom is -0.496 e. The number of anilines is 1. The van der Waals surface area contributed by atoms with Gasteiger partial charge in [0.05, 0.1) is 7.11 Å². The molecule has 2 aromatic carbocycles. The highest BCUT2D eigenvalue weighted by atomic mass is 16.5. The highest BCUT2D eigenvalue weighted by Crippen LogP contribution is 2.21. The molecule has 22 heavy (non-hydrogen) atoms. The zero-order valence-electron chi connectivity index (χ0n) is 13.2. The molecule has 0 saturated heterocycles. The number of ether oxygens (including phenoxy) is 1. The van der Waals surface area contributed by atoms with E-state index in [1.807, 2.05) is 49.4 Å². The Bertz CT molecular complexity index is 690. The van der Waals surface area contributed by atoms with Crippen molar-refractivity contribution in [2.75, 3.05) is 12.4 Å². The molecule has 1 N–H and O–H groups in total. The van der Waals surface area contributed by atoms with Crippen LogP contribution in [0.25, 0.3) is 6.08 Å². The molecule has 1 amide bonds. The fraction of sp³-hybridized carbons (Fsp3) is 0.211. The molecule has 0 fully saturated rings. The molecule has 0 saturated carbocycles. The number of carbonyl (C=O) groups is 1. The lowest BCUT2D eigenvalue weighted by molar-refractivity contribution is -0.111. The van der Waals surface area contributed by atoms with Gasteiger partial charge in [-0.2, -0.15) is 0 Å². The molecule has 2 aromatic rings. The van der Waals surface area contributed by atoms with Crippen LogP contribution in [0.3, 0.4) is 0 Å². The number of hydrogen-bond acceptors (Lipinski definition) is 2. The Kier molecular flexibility index (Phi) is 5.37. The third-order valence-corrected chi connectivity index (χ3v) is 3.46. The average Bonchev–Trinajstić information content (AvgIpc) is 2.53. The summed E-state index contributed by atoms with van der Waals surface area (Å²) < 4.78 is 5.30. The summed E-state index contributed by atoms with van der Waals surface area (Å²) >= 11 is 0. The maximum atomic E-state index is 12.1. The monoisotopic (exact) mass is 295 g/mol. The number of aryl methyl sites for hydroxylation is 2. The topological polar surface area (TPSA) is 38.3 Å². The van der Waals surface area contributed by atoms with E-state index in [1.165, 1.54) is 6.08 Å². The molecule has 0 heterocycles. The third kappa shape index (κ3) is 3.98. The maximum Gasteiger partial charge on any atom is 0.248 e. The maximum absolute atomic E-state index is 12.1. The highest BCUT2D eigenvalue weighted by Gasteiger charge is 2.04. The van der Waals surface area contributed by atoms with Crippen LogP contribution < -0.4 is 10.1 Å². The predicted molar refractivity (Wildman–Crippen MR) is 91.2 cm³/mol. The van der Waals surface area contributed by atoms with Gasteiger partial charge < -0.3 is 10.1 Å². The zero-order chi connectivity index (χ0) is 15.9. The van der Waals surface area contributed by atoms with Gasteiger partial charge in [-0.3, -0.25) is 4.79 Å². The van der Waals surface area contributed by atoms with Crippen molar-refractivity contribution in [3.8, 4) is 5.75 Å². The molecule has 3 heteroatoms. The number of nitrogens with one attached hydrogen (secondary N) is 1. The standard InChI is InChI=1S/C19H21NO2/c1-4-15-7-5-6-8-17(15)20-19(21)12-10-16-13-14(2)9-11-18(16)22-3/h5-13H,4H2,1-3H3,(H,20,21)/b12-10+. The first-order valence-corrected chi connectivity index (χ1v) is 7.35. The van der Waals surface area contributed by atoms with Crippen molar-refractivity contribution >= 4 is 17.7 Å². The van der Waals surface area contributed by atoms with Gasteiger partial charge >= 0.3 is 0 Å². The summed E-state index contributed by atoms with van der Waals surface area (Å²) in [6, 6.07) is 13.7. The molecule has 2 rings (SSSR count). The lowest BCUT2D eigenvalue weighted by Crippen LogP contribution is -2.09. The molecule has 0 unspecified atom stereocenters. The summed E-state index contributed by atoms with van der Waals surface area (Å²) in [5, 5.41) is 2.92. The van der Waals surface area contributed by atoms with Crippen LogP contribution >= 0.6 is 0 Å². The molecular weight excluding hydrogens is 274 g/mol. The fourth-order valence-electron chi connectivity index (χ4n) is 2.27. The van der Waals surface area contributed by atoms with Gasteiger partial charge in [0.1, 0.15) is 5.75 Å². The van der Waals surface area contributed by atoms with Crippen molar-refractivity contribution in [2.24, 2.45) is 0 Å². The summed E-state index contributed by atoms with van der Waals surface area (Å²) in [5.41, 5.74) is 3.99. The van der Waals surface area contributed by atoms with E-state index in [1.54, 1.807) is 13.2 Å². The molecule has 0 spiro atoms. The first-order chi connectivity index (χ1) is 10.6. The number of carbonyl (C=O) groups excluding carboxylic acids is 1. The predicted octanol–water partition coefficient (Wildman–Crippen LogP) is 4.22. The Hall–Kier alpha value is -2.55. The molecule has 0 radical (unpaired) electrons. The fourth-order valence-corrected chi connectivity index (χ4v) is 2.27. The number of hydrogen-bond donors (Lipinski definition) is 1. The molecule has 3 nitrogen and oxygen atoms in total. The van der Waals surface area contributed by atoms with E-state index in [2.05, 4.69) is 12.2 Å². The van der Waals surface area contributed by atoms with E-state index in [0.29, 0.717) is 0 Å². The number of amides is 1. The quantitative estimate of drug-likeness (QED) is 0.839. The van der Waals surface area contributed by atoms with Gasteiger partial charge in [-0.1, -0.05) is 36.8 Å². The van der Waals surface area contributed by atoms with Crippen molar-refractivity contribution in [3.63, 3.8) is 0 Å². The van der Waals surface area contributed by atoms with Crippen molar-refractivity contribution < 1.29 is 9.53 Å². The number of methoxy groups -OCH3 is 1. The number of rotatable bonds is 5. The summed E-state index contributed by atoms with van der Waals surface area (Å²) in [7, 11) is 1.62. The summed E-state index contributed by atoms with van der Waals surface area (Å²) in [5.74, 6) is 0.605. The van der Waals surface area contributed by atoms with Gasteiger partial charge in [0.15, 0.2) is 0 Å². The lowest BCUT2D eigenvalue weighted by atomic mass is 10.1. The van der Waals surface area contributed by atoms with Crippen molar-refractivity contribution in [2.45, 2.75) is 20.3 Å². The Morgan fingerprint density at radius 3 is 2.73 bits per heavy atom. The number of para-hydroxylation sites is 1. The summed E-state index contributed by atoms with van der Waals surface area (Å²) in [6.45, 7) is 4.08.